The molecule has 2 aliphatic carbocycles. The third-order valence-corrected chi connectivity index (χ3v) is 4.42. The fraction of sp³-hybridized carbons (Fsp3) is 0.917. The van der Waals surface area contributed by atoms with Crippen LogP contribution >= 0.6 is 0 Å². The van der Waals surface area contributed by atoms with E-state index in [9.17, 15) is 4.79 Å². The van der Waals surface area contributed by atoms with E-state index in [1.165, 1.54) is 6.42 Å². The van der Waals surface area contributed by atoms with Crippen molar-refractivity contribution in [2.24, 2.45) is 16.7 Å². The molecule has 4 fully saturated rings. The molecule has 78 valence electrons. The summed E-state index contributed by atoms with van der Waals surface area (Å²) in [6.45, 7) is 4.44. The largest absolute Gasteiger partial charge is 0.462 e. The third kappa shape index (κ3) is 1.06. The van der Waals surface area contributed by atoms with Crippen molar-refractivity contribution < 1.29 is 9.53 Å². The fourth-order valence-electron chi connectivity index (χ4n) is 4.36. The standard InChI is InChI=1S/C12H18O2/c1-11-4-8-3-9(6-11)14-10(13)12(2,5-8)7-11/h8-9H,3-7H2,1-2H3. The van der Waals surface area contributed by atoms with Gasteiger partial charge in [0.1, 0.15) is 6.10 Å². The summed E-state index contributed by atoms with van der Waals surface area (Å²) in [5, 5.41) is 0. The topological polar surface area (TPSA) is 26.3 Å². The maximum atomic E-state index is 11.9. The Morgan fingerprint density at radius 2 is 2.07 bits per heavy atom. The zero-order valence-electron chi connectivity index (χ0n) is 9.01. The van der Waals surface area contributed by atoms with Crippen molar-refractivity contribution in [3.05, 3.63) is 0 Å². The van der Waals surface area contributed by atoms with Crippen LogP contribution in [-0.2, 0) is 9.53 Å². The number of ether oxygens (including phenoxy) is 1. The first-order valence-corrected chi connectivity index (χ1v) is 5.70. The van der Waals surface area contributed by atoms with Gasteiger partial charge in [0, 0.05) is 0 Å². The highest BCUT2D eigenvalue weighted by Gasteiger charge is 2.55. The molecule has 4 rings (SSSR count). The van der Waals surface area contributed by atoms with E-state index in [0.717, 1.165) is 31.6 Å². The lowest BCUT2D eigenvalue weighted by Gasteiger charge is -2.47. The molecule has 4 bridgehead atoms. The van der Waals surface area contributed by atoms with E-state index in [1.54, 1.807) is 0 Å². The molecule has 0 amide bonds. The molecule has 0 radical (unpaired) electrons. The number of hydrogen-bond donors (Lipinski definition) is 0. The molecule has 4 atom stereocenters. The summed E-state index contributed by atoms with van der Waals surface area (Å²) in [6, 6.07) is 0. The van der Waals surface area contributed by atoms with E-state index >= 15 is 0 Å². The summed E-state index contributed by atoms with van der Waals surface area (Å²) < 4.78 is 5.57. The lowest BCUT2D eigenvalue weighted by molar-refractivity contribution is -0.157. The van der Waals surface area contributed by atoms with Gasteiger partial charge in [-0.2, -0.15) is 0 Å². The van der Waals surface area contributed by atoms with Gasteiger partial charge in [-0.25, -0.2) is 0 Å². The van der Waals surface area contributed by atoms with Gasteiger partial charge in [-0.05, 0) is 50.4 Å². The first kappa shape index (κ1) is 8.75. The van der Waals surface area contributed by atoms with Gasteiger partial charge in [0.15, 0.2) is 0 Å². The zero-order chi connectivity index (χ0) is 9.97. The van der Waals surface area contributed by atoms with Crippen LogP contribution < -0.4 is 0 Å². The molecular weight excluding hydrogens is 176 g/mol. The van der Waals surface area contributed by atoms with Crippen molar-refractivity contribution in [2.45, 2.75) is 52.1 Å². The van der Waals surface area contributed by atoms with Gasteiger partial charge < -0.3 is 4.74 Å². The minimum atomic E-state index is -0.164. The average molecular weight is 194 g/mol. The van der Waals surface area contributed by atoms with Crippen LogP contribution in [0.4, 0.5) is 0 Å². The normalized spacial score (nSPS) is 55.7. The third-order valence-electron chi connectivity index (χ3n) is 4.42. The molecule has 0 aromatic carbocycles. The van der Waals surface area contributed by atoms with E-state index in [2.05, 4.69) is 13.8 Å². The molecule has 2 heteroatoms. The number of carbonyl (C=O) groups is 1. The van der Waals surface area contributed by atoms with Crippen LogP contribution in [0.3, 0.4) is 0 Å². The molecule has 2 saturated heterocycles. The van der Waals surface area contributed by atoms with Crippen molar-refractivity contribution in [2.75, 3.05) is 0 Å². The van der Waals surface area contributed by atoms with Gasteiger partial charge in [0.05, 0.1) is 5.41 Å². The Balaban J connectivity index is 2.06. The summed E-state index contributed by atoms with van der Waals surface area (Å²) in [7, 11) is 0. The van der Waals surface area contributed by atoms with Gasteiger partial charge in [-0.1, -0.05) is 6.92 Å². The zero-order valence-corrected chi connectivity index (χ0v) is 9.01. The summed E-state index contributed by atoms with van der Waals surface area (Å²) in [4.78, 5) is 11.9. The van der Waals surface area contributed by atoms with Crippen LogP contribution in [0.25, 0.3) is 0 Å². The SMILES string of the molecule is CC12CC3CC(C1)OC(=O)C(C)(C3)C2. The summed E-state index contributed by atoms with van der Waals surface area (Å²) >= 11 is 0. The lowest BCUT2D eigenvalue weighted by atomic mass is 9.55. The fourth-order valence-corrected chi connectivity index (χ4v) is 4.36. The predicted molar refractivity (Wildman–Crippen MR) is 52.7 cm³/mol. The van der Waals surface area contributed by atoms with Gasteiger partial charge in [0.25, 0.3) is 0 Å². The Labute approximate surface area is 85.0 Å². The molecule has 0 N–H and O–H groups in total. The molecule has 2 nitrogen and oxygen atoms in total. The second-order valence-corrected chi connectivity index (χ2v) is 6.29. The van der Waals surface area contributed by atoms with Crippen molar-refractivity contribution in [1.29, 1.82) is 0 Å². The molecule has 0 aromatic rings. The van der Waals surface area contributed by atoms with Crippen molar-refractivity contribution in [1.82, 2.24) is 0 Å². The number of esters is 1. The van der Waals surface area contributed by atoms with E-state index in [-0.39, 0.29) is 17.5 Å². The molecular formula is C12H18O2. The van der Waals surface area contributed by atoms with Crippen LogP contribution in [-0.4, -0.2) is 12.1 Å². The predicted octanol–water partition coefficient (Wildman–Crippen LogP) is 2.52. The molecule has 14 heavy (non-hydrogen) atoms. The maximum absolute atomic E-state index is 11.9. The van der Waals surface area contributed by atoms with E-state index in [0.29, 0.717) is 5.41 Å². The van der Waals surface area contributed by atoms with E-state index in [4.69, 9.17) is 4.74 Å². The molecule has 2 saturated carbocycles. The summed E-state index contributed by atoms with van der Waals surface area (Å²) in [5.41, 5.74) is 0.218. The molecule has 4 unspecified atom stereocenters. The Hall–Kier alpha value is -0.530. The van der Waals surface area contributed by atoms with Gasteiger partial charge in [-0.3, -0.25) is 4.79 Å². The number of hydrogen-bond acceptors (Lipinski definition) is 2. The highest BCUT2D eigenvalue weighted by Crippen LogP contribution is 2.58. The summed E-state index contributed by atoms with van der Waals surface area (Å²) in [5.74, 6) is 0.817. The van der Waals surface area contributed by atoms with Crippen molar-refractivity contribution in [3.8, 4) is 0 Å². The van der Waals surface area contributed by atoms with Crippen LogP contribution in [0.5, 0.6) is 0 Å². The Kier molecular flexibility index (Phi) is 1.46. The van der Waals surface area contributed by atoms with Crippen LogP contribution in [0.2, 0.25) is 0 Å². The first-order valence-electron chi connectivity index (χ1n) is 5.70. The summed E-state index contributed by atoms with van der Waals surface area (Å²) in [6.07, 6.45) is 5.89. The van der Waals surface area contributed by atoms with Gasteiger partial charge in [0.2, 0.25) is 0 Å². The number of fused-ring (bicyclic) bond motifs is 1. The Morgan fingerprint density at radius 1 is 1.29 bits per heavy atom. The Morgan fingerprint density at radius 3 is 2.79 bits per heavy atom. The molecule has 0 spiro atoms. The van der Waals surface area contributed by atoms with Crippen LogP contribution in [0, 0.1) is 16.7 Å². The highest BCUT2D eigenvalue weighted by molar-refractivity contribution is 5.77. The van der Waals surface area contributed by atoms with E-state index < -0.39 is 0 Å². The molecule has 2 heterocycles. The number of rotatable bonds is 0. The minimum absolute atomic E-state index is 0.0772. The minimum Gasteiger partial charge on any atom is -0.462 e. The van der Waals surface area contributed by atoms with E-state index in [1.807, 2.05) is 0 Å². The first-order chi connectivity index (χ1) is 6.49. The van der Waals surface area contributed by atoms with Gasteiger partial charge >= 0.3 is 5.97 Å². The Bertz CT molecular complexity index is 299. The van der Waals surface area contributed by atoms with Gasteiger partial charge in [-0.15, -0.1) is 0 Å². The number of carbonyl (C=O) groups excluding carboxylic acids is 1. The molecule has 0 aromatic heterocycles. The molecule has 2 aliphatic heterocycles. The van der Waals surface area contributed by atoms with Crippen molar-refractivity contribution in [3.63, 3.8) is 0 Å². The second-order valence-electron chi connectivity index (χ2n) is 6.29. The van der Waals surface area contributed by atoms with Crippen LogP contribution in [0.1, 0.15) is 46.0 Å². The monoisotopic (exact) mass is 194 g/mol. The lowest BCUT2D eigenvalue weighted by Crippen LogP contribution is -2.42. The molecule has 4 aliphatic rings. The smallest absolute Gasteiger partial charge is 0.312 e. The second kappa shape index (κ2) is 2.34. The maximum Gasteiger partial charge on any atom is 0.312 e. The quantitative estimate of drug-likeness (QED) is 0.554. The average Bonchev–Trinajstić information content (AvgIpc) is 2.08. The van der Waals surface area contributed by atoms with Crippen LogP contribution in [0.15, 0.2) is 0 Å². The highest BCUT2D eigenvalue weighted by atomic mass is 16.5. The van der Waals surface area contributed by atoms with Crippen molar-refractivity contribution >= 4 is 5.97 Å².